The standard InChI is InChI=1S/C27H23ClFN5O4/c28-17-9-15(10-18(29)13-17)14-31-25(36)27(38)7-8-34(26(27)37)19-5-6-21-16(11-19)12-23(32-21)24(35)33-22-4-2-1-3-20(22)30/h1-6,9-13,32,38H,7-8,14,30H2,(H,31,36)(H,33,35). The fourth-order valence-corrected chi connectivity index (χ4v) is 4.66. The molecule has 6 N–H and O–H groups in total. The Morgan fingerprint density at radius 3 is 2.68 bits per heavy atom. The number of aromatic nitrogens is 1. The first kappa shape index (κ1) is 25.2. The molecular formula is C27H23ClFN5O4. The van der Waals surface area contributed by atoms with Crippen LogP contribution in [0.15, 0.2) is 66.7 Å². The second-order valence-electron chi connectivity index (χ2n) is 9.02. The van der Waals surface area contributed by atoms with Gasteiger partial charge in [0, 0.05) is 41.1 Å². The van der Waals surface area contributed by atoms with E-state index in [2.05, 4.69) is 15.6 Å². The van der Waals surface area contributed by atoms with E-state index in [0.717, 1.165) is 6.07 Å². The number of para-hydroxylation sites is 2. The van der Waals surface area contributed by atoms with Crippen molar-refractivity contribution in [2.24, 2.45) is 0 Å². The molecule has 0 radical (unpaired) electrons. The van der Waals surface area contributed by atoms with Crippen molar-refractivity contribution in [2.45, 2.75) is 18.6 Å². The molecular weight excluding hydrogens is 513 g/mol. The number of rotatable bonds is 6. The van der Waals surface area contributed by atoms with Crippen LogP contribution in [-0.4, -0.2) is 40.0 Å². The van der Waals surface area contributed by atoms with E-state index >= 15 is 0 Å². The summed E-state index contributed by atoms with van der Waals surface area (Å²) in [7, 11) is 0. The van der Waals surface area contributed by atoms with Crippen LogP contribution in [0.1, 0.15) is 22.5 Å². The number of aliphatic hydroxyl groups is 1. The number of anilines is 3. The largest absolute Gasteiger partial charge is 0.397 e. The summed E-state index contributed by atoms with van der Waals surface area (Å²) in [4.78, 5) is 43.0. The first-order valence-electron chi connectivity index (χ1n) is 11.7. The number of hydrogen-bond donors (Lipinski definition) is 5. The van der Waals surface area contributed by atoms with Gasteiger partial charge in [0.2, 0.25) is 5.60 Å². The normalized spacial score (nSPS) is 17.1. The molecule has 0 aliphatic carbocycles. The molecule has 11 heteroatoms. The molecule has 1 fully saturated rings. The number of nitrogens with two attached hydrogens (primary N) is 1. The van der Waals surface area contributed by atoms with Crippen LogP contribution in [-0.2, 0) is 16.1 Å². The quantitative estimate of drug-likeness (QED) is 0.190. The number of nitrogens with zero attached hydrogens (tertiary/aromatic N) is 1. The summed E-state index contributed by atoms with van der Waals surface area (Å²) in [6, 6.07) is 17.4. The first-order valence-corrected chi connectivity index (χ1v) is 12.1. The summed E-state index contributed by atoms with van der Waals surface area (Å²) < 4.78 is 13.6. The Hall–Kier alpha value is -4.41. The number of amides is 3. The number of nitrogens with one attached hydrogen (secondary N) is 3. The zero-order valence-corrected chi connectivity index (χ0v) is 20.7. The van der Waals surface area contributed by atoms with E-state index < -0.39 is 23.2 Å². The average Bonchev–Trinajstić information content (AvgIpc) is 3.44. The van der Waals surface area contributed by atoms with Gasteiger partial charge in [-0.25, -0.2) is 4.39 Å². The highest BCUT2D eigenvalue weighted by Gasteiger charge is 2.51. The molecule has 38 heavy (non-hydrogen) atoms. The van der Waals surface area contributed by atoms with Gasteiger partial charge < -0.3 is 31.4 Å². The molecule has 1 saturated heterocycles. The van der Waals surface area contributed by atoms with Crippen LogP contribution in [0.25, 0.3) is 10.9 Å². The lowest BCUT2D eigenvalue weighted by molar-refractivity contribution is -0.149. The number of fused-ring (bicyclic) bond motifs is 1. The van der Waals surface area contributed by atoms with Crippen LogP contribution in [0.2, 0.25) is 5.02 Å². The summed E-state index contributed by atoms with van der Waals surface area (Å²) in [5.74, 6) is -2.61. The van der Waals surface area contributed by atoms with E-state index in [1.165, 1.54) is 17.0 Å². The molecule has 1 unspecified atom stereocenters. The molecule has 0 saturated carbocycles. The van der Waals surface area contributed by atoms with Gasteiger partial charge in [-0.1, -0.05) is 23.7 Å². The number of nitrogen functional groups attached to an aromatic ring is 1. The van der Waals surface area contributed by atoms with Gasteiger partial charge in [-0.2, -0.15) is 0 Å². The molecule has 3 aromatic carbocycles. The molecule has 0 spiro atoms. The molecule has 1 aliphatic rings. The SMILES string of the molecule is Nc1ccccc1NC(=O)c1cc2cc(N3CCC(O)(C(=O)NCc4cc(F)cc(Cl)c4)C3=O)ccc2[nH]1. The van der Waals surface area contributed by atoms with Crippen molar-refractivity contribution in [1.29, 1.82) is 0 Å². The van der Waals surface area contributed by atoms with Crippen LogP contribution in [0, 0.1) is 5.82 Å². The smallest absolute Gasteiger partial charge is 0.272 e. The third kappa shape index (κ3) is 4.79. The molecule has 2 heterocycles. The van der Waals surface area contributed by atoms with Crippen molar-refractivity contribution in [3.63, 3.8) is 0 Å². The lowest BCUT2D eigenvalue weighted by atomic mass is 10.0. The monoisotopic (exact) mass is 535 g/mol. The van der Waals surface area contributed by atoms with Gasteiger partial charge in [-0.3, -0.25) is 14.4 Å². The molecule has 0 bridgehead atoms. The number of hydrogen-bond acceptors (Lipinski definition) is 5. The Balaban J connectivity index is 1.30. The highest BCUT2D eigenvalue weighted by molar-refractivity contribution is 6.30. The van der Waals surface area contributed by atoms with Crippen molar-refractivity contribution >= 4 is 57.3 Å². The molecule has 194 valence electrons. The molecule has 5 rings (SSSR count). The van der Waals surface area contributed by atoms with Crippen molar-refractivity contribution in [3.05, 3.63) is 88.8 Å². The Kier molecular flexibility index (Phi) is 6.52. The summed E-state index contributed by atoms with van der Waals surface area (Å²) in [6.07, 6.45) is -0.126. The average molecular weight is 536 g/mol. The van der Waals surface area contributed by atoms with Gasteiger partial charge in [-0.15, -0.1) is 0 Å². The third-order valence-corrected chi connectivity index (χ3v) is 6.64. The van der Waals surface area contributed by atoms with E-state index in [1.807, 2.05) is 0 Å². The highest BCUT2D eigenvalue weighted by atomic mass is 35.5. The van der Waals surface area contributed by atoms with Crippen LogP contribution in [0.3, 0.4) is 0 Å². The van der Waals surface area contributed by atoms with E-state index in [9.17, 15) is 23.9 Å². The molecule has 4 aromatic rings. The molecule has 3 amide bonds. The minimum absolute atomic E-state index is 0.102. The molecule has 9 nitrogen and oxygen atoms in total. The zero-order chi connectivity index (χ0) is 27.0. The first-order chi connectivity index (χ1) is 18.1. The van der Waals surface area contributed by atoms with E-state index in [0.29, 0.717) is 39.2 Å². The Morgan fingerprint density at radius 1 is 1.13 bits per heavy atom. The maximum Gasteiger partial charge on any atom is 0.272 e. The van der Waals surface area contributed by atoms with Gasteiger partial charge in [0.1, 0.15) is 11.5 Å². The topological polar surface area (TPSA) is 141 Å². The lowest BCUT2D eigenvalue weighted by Gasteiger charge is -2.22. The Morgan fingerprint density at radius 2 is 1.92 bits per heavy atom. The van der Waals surface area contributed by atoms with Crippen molar-refractivity contribution in [3.8, 4) is 0 Å². The second kappa shape index (κ2) is 9.81. The van der Waals surface area contributed by atoms with E-state index in [-0.39, 0.29) is 30.4 Å². The van der Waals surface area contributed by atoms with E-state index in [1.54, 1.807) is 48.5 Å². The van der Waals surface area contributed by atoms with Gasteiger partial charge in [0.25, 0.3) is 17.7 Å². The number of benzene rings is 3. The second-order valence-corrected chi connectivity index (χ2v) is 9.46. The van der Waals surface area contributed by atoms with Crippen LogP contribution < -0.4 is 21.3 Å². The number of carbonyl (C=O) groups excluding carboxylic acids is 3. The van der Waals surface area contributed by atoms with Gasteiger partial charge >= 0.3 is 0 Å². The van der Waals surface area contributed by atoms with Gasteiger partial charge in [0.05, 0.1) is 11.4 Å². The highest BCUT2D eigenvalue weighted by Crippen LogP contribution is 2.31. The fourth-order valence-electron chi connectivity index (χ4n) is 4.41. The number of aromatic amines is 1. The Bertz CT molecular complexity index is 1570. The van der Waals surface area contributed by atoms with Gasteiger partial charge in [0.15, 0.2) is 0 Å². The summed E-state index contributed by atoms with van der Waals surface area (Å²) >= 11 is 5.84. The van der Waals surface area contributed by atoms with Crippen molar-refractivity contribution in [2.75, 3.05) is 22.5 Å². The molecule has 1 aromatic heterocycles. The lowest BCUT2D eigenvalue weighted by Crippen LogP contribution is -2.52. The van der Waals surface area contributed by atoms with Gasteiger partial charge in [-0.05, 0) is 60.2 Å². The summed E-state index contributed by atoms with van der Waals surface area (Å²) in [5.41, 5.74) is 6.34. The van der Waals surface area contributed by atoms with E-state index in [4.69, 9.17) is 17.3 Å². The van der Waals surface area contributed by atoms with Crippen molar-refractivity contribution in [1.82, 2.24) is 10.3 Å². The predicted octanol–water partition coefficient (Wildman–Crippen LogP) is 3.58. The molecule has 1 atom stereocenters. The minimum atomic E-state index is -2.27. The zero-order valence-electron chi connectivity index (χ0n) is 19.9. The number of halogens is 2. The van der Waals surface area contributed by atoms with Crippen LogP contribution >= 0.6 is 11.6 Å². The minimum Gasteiger partial charge on any atom is -0.397 e. The molecule has 1 aliphatic heterocycles. The fraction of sp³-hybridized carbons (Fsp3) is 0.148. The third-order valence-electron chi connectivity index (χ3n) is 6.42. The van der Waals surface area contributed by atoms with Crippen molar-refractivity contribution < 1.29 is 23.9 Å². The summed E-state index contributed by atoms with van der Waals surface area (Å²) in [5, 5.41) is 17.0. The maximum absolute atomic E-state index is 13.6. The number of carbonyl (C=O) groups is 3. The summed E-state index contributed by atoms with van der Waals surface area (Å²) in [6.45, 7) is -0.00815. The Labute approximate surface area is 221 Å². The van der Waals surface area contributed by atoms with Crippen LogP contribution in [0.5, 0.6) is 0 Å². The number of H-pyrrole nitrogens is 1. The van der Waals surface area contributed by atoms with Crippen LogP contribution in [0.4, 0.5) is 21.5 Å². The predicted molar refractivity (Wildman–Crippen MR) is 142 cm³/mol. The maximum atomic E-state index is 13.6.